The van der Waals surface area contributed by atoms with Crippen LogP contribution in [0.15, 0.2) is 52.5 Å². The summed E-state index contributed by atoms with van der Waals surface area (Å²) in [5, 5.41) is 13.7. The Hall–Kier alpha value is -2.42. The van der Waals surface area contributed by atoms with Gasteiger partial charge in [0.2, 0.25) is 10.0 Å². The topological polar surface area (TPSA) is 108 Å². The van der Waals surface area contributed by atoms with Crippen molar-refractivity contribution in [2.45, 2.75) is 31.7 Å². The Morgan fingerprint density at radius 3 is 2.37 bits per heavy atom. The van der Waals surface area contributed by atoms with E-state index in [2.05, 4.69) is 15.2 Å². The number of halogens is 1. The molecular formula is C18H20ClN3O4S. The van der Waals surface area contributed by atoms with Gasteiger partial charge in [-0.2, -0.15) is 9.82 Å². The van der Waals surface area contributed by atoms with Crippen LogP contribution in [0.3, 0.4) is 0 Å². The molecule has 2 aromatic rings. The summed E-state index contributed by atoms with van der Waals surface area (Å²) in [6, 6.07) is 10.3. The monoisotopic (exact) mass is 409 g/mol. The van der Waals surface area contributed by atoms with Crippen LogP contribution >= 0.6 is 11.6 Å². The minimum absolute atomic E-state index is 0.0228. The first-order valence-electron chi connectivity index (χ1n) is 8.02. The lowest BCUT2D eigenvalue weighted by Crippen LogP contribution is -2.38. The number of hydrogen-bond acceptors (Lipinski definition) is 5. The fraction of sp³-hybridized carbons (Fsp3) is 0.222. The molecule has 0 fully saturated rings. The van der Waals surface area contributed by atoms with Crippen molar-refractivity contribution in [2.24, 2.45) is 5.10 Å². The maximum atomic E-state index is 12.2. The van der Waals surface area contributed by atoms with E-state index in [4.69, 9.17) is 16.7 Å². The molecule has 0 aliphatic carbocycles. The molecule has 0 heterocycles. The molecule has 0 aliphatic rings. The van der Waals surface area contributed by atoms with E-state index in [1.807, 2.05) is 19.1 Å². The minimum atomic E-state index is -3.91. The van der Waals surface area contributed by atoms with Gasteiger partial charge >= 0.3 is 5.97 Å². The van der Waals surface area contributed by atoms with Gasteiger partial charge in [0.15, 0.2) is 0 Å². The lowest BCUT2D eigenvalue weighted by atomic mass is 10.1. The van der Waals surface area contributed by atoms with Crippen molar-refractivity contribution >= 4 is 39.0 Å². The van der Waals surface area contributed by atoms with E-state index in [1.54, 1.807) is 25.1 Å². The molecule has 3 N–H and O–H groups in total. The number of carbonyl (C=O) groups is 1. The van der Waals surface area contributed by atoms with E-state index in [0.29, 0.717) is 16.3 Å². The predicted molar refractivity (Wildman–Crippen MR) is 106 cm³/mol. The summed E-state index contributed by atoms with van der Waals surface area (Å²) in [6.07, 6.45) is 0. The van der Waals surface area contributed by atoms with Crippen LogP contribution < -0.4 is 10.1 Å². The average molecular weight is 410 g/mol. The van der Waals surface area contributed by atoms with Gasteiger partial charge in [-0.25, -0.2) is 8.42 Å². The molecular weight excluding hydrogens is 390 g/mol. The van der Waals surface area contributed by atoms with Gasteiger partial charge in [0.1, 0.15) is 6.04 Å². The van der Waals surface area contributed by atoms with E-state index >= 15 is 0 Å². The van der Waals surface area contributed by atoms with Crippen molar-refractivity contribution in [3.8, 4) is 0 Å². The molecule has 2 rings (SSSR count). The summed E-state index contributed by atoms with van der Waals surface area (Å²) in [6.45, 7) is 4.94. The number of hydrogen-bond donors (Lipinski definition) is 3. The lowest BCUT2D eigenvalue weighted by Gasteiger charge is -2.11. The Morgan fingerprint density at radius 2 is 1.81 bits per heavy atom. The number of aryl methyl sites for hydroxylation is 1. The second-order valence-corrected chi connectivity index (χ2v) is 8.10. The fourth-order valence-corrected chi connectivity index (χ4v) is 3.48. The Kier molecular flexibility index (Phi) is 6.59. The zero-order valence-electron chi connectivity index (χ0n) is 15.0. The largest absolute Gasteiger partial charge is 0.480 e. The van der Waals surface area contributed by atoms with E-state index < -0.39 is 22.0 Å². The van der Waals surface area contributed by atoms with Crippen LogP contribution in [-0.4, -0.2) is 31.2 Å². The summed E-state index contributed by atoms with van der Waals surface area (Å²) >= 11 is 6.07. The number of hydrazone groups is 1. The first-order valence-corrected chi connectivity index (χ1v) is 9.88. The SMILES string of the molecule is C/C(=N/Nc1ccc(C)c(Cl)c1)c1ccc(S(=O)(=O)N[C@@H](C)C(=O)O)cc1. The van der Waals surface area contributed by atoms with Gasteiger partial charge < -0.3 is 5.11 Å². The van der Waals surface area contributed by atoms with Gasteiger partial charge in [-0.05, 0) is 56.2 Å². The number of benzene rings is 2. The molecule has 2 aromatic carbocycles. The summed E-state index contributed by atoms with van der Waals surface area (Å²) in [5.41, 5.74) is 5.95. The third-order valence-corrected chi connectivity index (χ3v) is 5.77. The molecule has 0 radical (unpaired) electrons. The van der Waals surface area contributed by atoms with Gasteiger partial charge in [-0.1, -0.05) is 29.8 Å². The lowest BCUT2D eigenvalue weighted by molar-refractivity contribution is -0.138. The van der Waals surface area contributed by atoms with E-state index in [1.165, 1.54) is 19.1 Å². The number of nitrogens with one attached hydrogen (secondary N) is 2. The van der Waals surface area contributed by atoms with Crippen LogP contribution in [0.2, 0.25) is 5.02 Å². The molecule has 0 aliphatic heterocycles. The Balaban J connectivity index is 2.13. The van der Waals surface area contributed by atoms with Crippen LogP contribution in [-0.2, 0) is 14.8 Å². The van der Waals surface area contributed by atoms with Crippen LogP contribution in [0.4, 0.5) is 5.69 Å². The number of aliphatic carboxylic acids is 1. The summed E-state index contributed by atoms with van der Waals surface area (Å²) < 4.78 is 26.4. The van der Waals surface area contributed by atoms with Crippen LogP contribution in [0.1, 0.15) is 25.0 Å². The van der Waals surface area contributed by atoms with Gasteiger partial charge in [-0.15, -0.1) is 0 Å². The average Bonchev–Trinajstić information content (AvgIpc) is 2.62. The Bertz CT molecular complexity index is 973. The van der Waals surface area contributed by atoms with Crippen molar-refractivity contribution in [3.05, 3.63) is 58.6 Å². The highest BCUT2D eigenvalue weighted by Crippen LogP contribution is 2.20. The van der Waals surface area contributed by atoms with Crippen LogP contribution in [0.25, 0.3) is 0 Å². The smallest absolute Gasteiger partial charge is 0.321 e. The summed E-state index contributed by atoms with van der Waals surface area (Å²) in [7, 11) is -3.91. The van der Waals surface area contributed by atoms with Crippen LogP contribution in [0, 0.1) is 6.92 Å². The molecule has 0 amide bonds. The van der Waals surface area contributed by atoms with Crippen molar-refractivity contribution < 1.29 is 18.3 Å². The number of carboxylic acid groups (broad SMARTS) is 1. The third kappa shape index (κ3) is 5.53. The summed E-state index contributed by atoms with van der Waals surface area (Å²) in [4.78, 5) is 10.8. The van der Waals surface area contributed by atoms with E-state index in [0.717, 1.165) is 11.3 Å². The predicted octanol–water partition coefficient (Wildman–Crippen LogP) is 3.24. The quantitative estimate of drug-likeness (QED) is 0.480. The molecule has 144 valence electrons. The van der Waals surface area contributed by atoms with Crippen molar-refractivity contribution in [1.29, 1.82) is 0 Å². The Labute approximate surface area is 163 Å². The molecule has 7 nitrogen and oxygen atoms in total. The fourth-order valence-electron chi connectivity index (χ4n) is 2.10. The first-order chi connectivity index (χ1) is 12.6. The standard InChI is InChI=1S/C18H20ClN3O4S/c1-11-4-7-15(10-17(11)19)21-20-12(2)14-5-8-16(9-6-14)27(25,26)22-13(3)18(23)24/h4-10,13,21-22H,1-3H3,(H,23,24)/b20-12-/t13-/m0/s1. The highest BCUT2D eigenvalue weighted by atomic mass is 35.5. The molecule has 0 bridgehead atoms. The number of anilines is 1. The molecule has 27 heavy (non-hydrogen) atoms. The molecule has 1 atom stereocenters. The molecule has 0 saturated heterocycles. The molecule has 0 unspecified atom stereocenters. The number of carboxylic acids is 1. The normalized spacial score (nSPS) is 13.3. The molecule has 0 spiro atoms. The molecule has 9 heteroatoms. The van der Waals surface area contributed by atoms with Crippen molar-refractivity contribution in [3.63, 3.8) is 0 Å². The second kappa shape index (κ2) is 8.51. The van der Waals surface area contributed by atoms with Crippen molar-refractivity contribution in [2.75, 3.05) is 5.43 Å². The van der Waals surface area contributed by atoms with Crippen LogP contribution in [0.5, 0.6) is 0 Å². The maximum Gasteiger partial charge on any atom is 0.321 e. The second-order valence-electron chi connectivity index (χ2n) is 5.98. The van der Waals surface area contributed by atoms with Crippen molar-refractivity contribution in [1.82, 2.24) is 4.72 Å². The Morgan fingerprint density at radius 1 is 1.19 bits per heavy atom. The summed E-state index contributed by atoms with van der Waals surface area (Å²) in [5.74, 6) is -1.25. The van der Waals surface area contributed by atoms with Gasteiger partial charge in [0.25, 0.3) is 0 Å². The number of rotatable bonds is 7. The molecule has 0 aromatic heterocycles. The molecule has 0 saturated carbocycles. The van der Waals surface area contributed by atoms with Gasteiger partial charge in [0, 0.05) is 5.02 Å². The first kappa shape index (κ1) is 20.9. The number of sulfonamides is 1. The number of nitrogens with zero attached hydrogens (tertiary/aromatic N) is 1. The third-order valence-electron chi connectivity index (χ3n) is 3.81. The van der Waals surface area contributed by atoms with E-state index in [9.17, 15) is 13.2 Å². The van der Waals surface area contributed by atoms with Gasteiger partial charge in [-0.3, -0.25) is 10.2 Å². The zero-order valence-corrected chi connectivity index (χ0v) is 16.6. The van der Waals surface area contributed by atoms with Gasteiger partial charge in [0.05, 0.1) is 16.3 Å². The minimum Gasteiger partial charge on any atom is -0.480 e. The zero-order chi connectivity index (χ0) is 20.2. The maximum absolute atomic E-state index is 12.2. The highest BCUT2D eigenvalue weighted by molar-refractivity contribution is 7.89. The van der Waals surface area contributed by atoms with E-state index in [-0.39, 0.29) is 4.90 Å². The highest BCUT2D eigenvalue weighted by Gasteiger charge is 2.21.